The summed E-state index contributed by atoms with van der Waals surface area (Å²) in [4.78, 5) is 15.0. The summed E-state index contributed by atoms with van der Waals surface area (Å²) in [5.41, 5.74) is 0. The van der Waals surface area contributed by atoms with Crippen molar-refractivity contribution in [1.82, 2.24) is 14.9 Å². The van der Waals surface area contributed by atoms with Gasteiger partial charge in [0.1, 0.15) is 18.0 Å². The second kappa shape index (κ2) is 8.99. The average molecular weight is 388 g/mol. The highest BCUT2D eigenvalue weighted by molar-refractivity contribution is 7.09. The Morgan fingerprint density at radius 2 is 2.07 bits per heavy atom. The van der Waals surface area contributed by atoms with Gasteiger partial charge in [-0.05, 0) is 56.1 Å². The number of hydrogen-bond acceptors (Lipinski definition) is 7. The molecule has 0 aliphatic carbocycles. The maximum Gasteiger partial charge on any atom is 0.134 e. The molecule has 0 spiro atoms. The number of aliphatic hydroxyl groups is 1. The first-order valence-corrected chi connectivity index (χ1v) is 10.9. The van der Waals surface area contributed by atoms with Crippen LogP contribution in [0, 0.1) is 5.92 Å². The quantitative estimate of drug-likeness (QED) is 0.762. The minimum Gasteiger partial charge on any atom is -0.394 e. The molecule has 146 valence electrons. The fraction of sp³-hybridized carbons (Fsp3) is 0.600. The SMILES string of the molecule is OCC1CCCN1c1cc(NCC2CCN(Cc3cccs3)CC2)ncn1. The van der Waals surface area contributed by atoms with E-state index in [1.807, 2.05) is 17.4 Å². The van der Waals surface area contributed by atoms with Crippen LogP contribution in [-0.4, -0.2) is 58.8 Å². The Kier molecular flexibility index (Phi) is 6.21. The van der Waals surface area contributed by atoms with Gasteiger partial charge in [0.2, 0.25) is 0 Å². The smallest absolute Gasteiger partial charge is 0.134 e. The summed E-state index contributed by atoms with van der Waals surface area (Å²) in [7, 11) is 0. The molecule has 4 rings (SSSR count). The summed E-state index contributed by atoms with van der Waals surface area (Å²) in [6, 6.07) is 6.59. The molecule has 2 aliphatic heterocycles. The number of thiophene rings is 1. The summed E-state index contributed by atoms with van der Waals surface area (Å²) in [6.45, 7) is 5.55. The molecule has 7 heteroatoms. The molecule has 6 nitrogen and oxygen atoms in total. The van der Waals surface area contributed by atoms with Crippen LogP contribution in [0.25, 0.3) is 0 Å². The van der Waals surface area contributed by atoms with Crippen LogP contribution in [0.5, 0.6) is 0 Å². The summed E-state index contributed by atoms with van der Waals surface area (Å²) >= 11 is 1.85. The normalized spacial score (nSPS) is 21.7. The van der Waals surface area contributed by atoms with Gasteiger partial charge >= 0.3 is 0 Å². The van der Waals surface area contributed by atoms with Crippen molar-refractivity contribution < 1.29 is 5.11 Å². The monoisotopic (exact) mass is 387 g/mol. The van der Waals surface area contributed by atoms with Crippen molar-refractivity contribution in [2.45, 2.75) is 38.3 Å². The first-order valence-electron chi connectivity index (χ1n) is 10.00. The molecule has 27 heavy (non-hydrogen) atoms. The largest absolute Gasteiger partial charge is 0.394 e. The fourth-order valence-corrected chi connectivity index (χ4v) is 4.89. The van der Waals surface area contributed by atoms with E-state index in [2.05, 4.69) is 42.6 Å². The number of hydrogen-bond donors (Lipinski definition) is 2. The number of nitrogens with one attached hydrogen (secondary N) is 1. The lowest BCUT2D eigenvalue weighted by Crippen LogP contribution is -2.35. The maximum atomic E-state index is 9.54. The zero-order valence-corrected chi connectivity index (χ0v) is 16.6. The number of nitrogens with zero attached hydrogens (tertiary/aromatic N) is 4. The van der Waals surface area contributed by atoms with Crippen molar-refractivity contribution in [3.63, 3.8) is 0 Å². The lowest BCUT2D eigenvalue weighted by Gasteiger charge is -2.31. The summed E-state index contributed by atoms with van der Waals surface area (Å²) in [6.07, 6.45) is 6.24. The highest BCUT2D eigenvalue weighted by Gasteiger charge is 2.25. The van der Waals surface area contributed by atoms with Gasteiger partial charge in [0, 0.05) is 30.6 Å². The van der Waals surface area contributed by atoms with Gasteiger partial charge in [-0.2, -0.15) is 0 Å². The molecular formula is C20H29N5OS. The van der Waals surface area contributed by atoms with Gasteiger partial charge in [-0.3, -0.25) is 4.90 Å². The second-order valence-electron chi connectivity index (χ2n) is 7.61. The van der Waals surface area contributed by atoms with Crippen molar-refractivity contribution in [3.8, 4) is 0 Å². The third-order valence-electron chi connectivity index (χ3n) is 5.77. The Hall–Kier alpha value is -1.70. The van der Waals surface area contributed by atoms with Crippen molar-refractivity contribution in [1.29, 1.82) is 0 Å². The van der Waals surface area contributed by atoms with E-state index in [4.69, 9.17) is 0 Å². The Morgan fingerprint density at radius 1 is 1.19 bits per heavy atom. The number of likely N-dealkylation sites (tertiary alicyclic amines) is 1. The number of piperidine rings is 1. The number of aromatic nitrogens is 2. The molecule has 4 heterocycles. The Labute approximate surface area is 165 Å². The van der Waals surface area contributed by atoms with Crippen LogP contribution >= 0.6 is 11.3 Å². The molecule has 1 unspecified atom stereocenters. The highest BCUT2D eigenvalue weighted by atomic mass is 32.1. The molecule has 0 amide bonds. The predicted octanol–water partition coefficient (Wildman–Crippen LogP) is 2.82. The van der Waals surface area contributed by atoms with E-state index in [9.17, 15) is 5.11 Å². The van der Waals surface area contributed by atoms with E-state index in [0.717, 1.165) is 44.1 Å². The molecule has 2 N–H and O–H groups in total. The first-order chi connectivity index (χ1) is 13.3. The lowest BCUT2D eigenvalue weighted by atomic mass is 9.97. The van der Waals surface area contributed by atoms with Crippen LogP contribution in [0.3, 0.4) is 0 Å². The van der Waals surface area contributed by atoms with E-state index in [1.54, 1.807) is 6.33 Å². The van der Waals surface area contributed by atoms with Crippen LogP contribution < -0.4 is 10.2 Å². The molecule has 2 aromatic heterocycles. The molecule has 1 atom stereocenters. The van der Waals surface area contributed by atoms with Gasteiger partial charge in [0.15, 0.2) is 0 Å². The fourth-order valence-electron chi connectivity index (χ4n) is 4.15. The molecular weight excluding hydrogens is 358 g/mol. The predicted molar refractivity (Wildman–Crippen MR) is 110 cm³/mol. The Balaban J connectivity index is 1.25. The first kappa shape index (κ1) is 18.7. The standard InChI is InChI=1S/C20H29N5OS/c26-14-17-3-1-7-25(17)20-11-19(22-15-23-20)21-12-16-5-8-24(9-6-16)13-18-4-2-10-27-18/h2,4,10-11,15-17,26H,1,3,5-9,12-14H2,(H,21,22,23). The van der Waals surface area contributed by atoms with E-state index >= 15 is 0 Å². The molecule has 0 bridgehead atoms. The number of anilines is 2. The van der Waals surface area contributed by atoms with E-state index in [1.165, 1.54) is 30.8 Å². The van der Waals surface area contributed by atoms with Crippen LogP contribution in [0.2, 0.25) is 0 Å². The topological polar surface area (TPSA) is 64.5 Å². The molecule has 0 saturated carbocycles. The zero-order valence-electron chi connectivity index (χ0n) is 15.8. The summed E-state index contributed by atoms with van der Waals surface area (Å²) in [5, 5.41) is 15.2. The number of rotatable bonds is 7. The van der Waals surface area contributed by atoms with Gasteiger partial charge in [0.25, 0.3) is 0 Å². The Bertz CT molecular complexity index is 702. The third-order valence-corrected chi connectivity index (χ3v) is 6.63. The van der Waals surface area contributed by atoms with Crippen LogP contribution in [0.4, 0.5) is 11.6 Å². The second-order valence-corrected chi connectivity index (χ2v) is 8.65. The molecule has 0 radical (unpaired) electrons. The molecule has 2 aromatic rings. The van der Waals surface area contributed by atoms with Crippen LogP contribution in [0.15, 0.2) is 29.9 Å². The minimum atomic E-state index is 0.191. The van der Waals surface area contributed by atoms with Gasteiger partial charge in [0.05, 0.1) is 12.6 Å². The van der Waals surface area contributed by atoms with E-state index in [-0.39, 0.29) is 12.6 Å². The van der Waals surface area contributed by atoms with Crippen molar-refractivity contribution in [2.75, 3.05) is 43.0 Å². The molecule has 0 aromatic carbocycles. The molecule has 2 aliphatic rings. The minimum absolute atomic E-state index is 0.191. The maximum absolute atomic E-state index is 9.54. The van der Waals surface area contributed by atoms with Crippen molar-refractivity contribution in [2.24, 2.45) is 5.92 Å². The summed E-state index contributed by atoms with van der Waals surface area (Å²) < 4.78 is 0. The van der Waals surface area contributed by atoms with Crippen LogP contribution in [-0.2, 0) is 6.54 Å². The van der Waals surface area contributed by atoms with E-state index < -0.39 is 0 Å². The van der Waals surface area contributed by atoms with Crippen molar-refractivity contribution >= 4 is 23.0 Å². The van der Waals surface area contributed by atoms with E-state index in [0.29, 0.717) is 5.92 Å². The third kappa shape index (κ3) is 4.78. The van der Waals surface area contributed by atoms with Crippen LogP contribution in [0.1, 0.15) is 30.6 Å². The van der Waals surface area contributed by atoms with Gasteiger partial charge in [-0.15, -0.1) is 11.3 Å². The average Bonchev–Trinajstić information content (AvgIpc) is 3.39. The van der Waals surface area contributed by atoms with Crippen molar-refractivity contribution in [3.05, 3.63) is 34.8 Å². The van der Waals surface area contributed by atoms with Gasteiger partial charge in [-0.25, -0.2) is 9.97 Å². The highest BCUT2D eigenvalue weighted by Crippen LogP contribution is 2.25. The number of aliphatic hydroxyl groups excluding tert-OH is 1. The zero-order chi connectivity index (χ0) is 18.5. The Morgan fingerprint density at radius 3 is 2.85 bits per heavy atom. The summed E-state index contributed by atoms with van der Waals surface area (Å²) in [5.74, 6) is 2.51. The lowest BCUT2D eigenvalue weighted by molar-refractivity contribution is 0.184. The molecule has 2 saturated heterocycles. The molecule has 2 fully saturated rings. The van der Waals surface area contributed by atoms with Gasteiger partial charge in [-0.1, -0.05) is 6.07 Å². The van der Waals surface area contributed by atoms with Gasteiger partial charge < -0.3 is 15.3 Å².